The molecule has 6 heteroatoms. The molecular formula is C17H10N4O2. The maximum atomic E-state index is 11.1. The molecule has 0 atom stereocenters. The number of aromatic amines is 2. The summed E-state index contributed by atoms with van der Waals surface area (Å²) >= 11 is 0. The van der Waals surface area contributed by atoms with Crippen LogP contribution in [0.2, 0.25) is 0 Å². The summed E-state index contributed by atoms with van der Waals surface area (Å²) in [4.78, 5) is 21.3. The Kier molecular flexibility index (Phi) is 2.68. The van der Waals surface area contributed by atoms with E-state index in [0.717, 1.165) is 33.1 Å². The molecule has 110 valence electrons. The fourth-order valence-electron chi connectivity index (χ4n) is 2.75. The molecule has 2 aromatic carbocycles. The summed E-state index contributed by atoms with van der Waals surface area (Å²) < 4.78 is 0. The molecule has 0 bridgehead atoms. The van der Waals surface area contributed by atoms with Crippen molar-refractivity contribution in [2.45, 2.75) is 0 Å². The van der Waals surface area contributed by atoms with Gasteiger partial charge >= 0.3 is 5.97 Å². The molecule has 0 aliphatic carbocycles. The van der Waals surface area contributed by atoms with Crippen LogP contribution in [-0.4, -0.2) is 26.0 Å². The molecular weight excluding hydrogens is 292 g/mol. The van der Waals surface area contributed by atoms with Crippen LogP contribution in [0.25, 0.3) is 33.1 Å². The lowest BCUT2D eigenvalue weighted by Crippen LogP contribution is -1.94. The molecule has 0 saturated heterocycles. The van der Waals surface area contributed by atoms with Crippen molar-refractivity contribution < 1.29 is 9.90 Å². The number of benzene rings is 2. The topological polar surface area (TPSA) is 106 Å². The van der Waals surface area contributed by atoms with Gasteiger partial charge < -0.3 is 15.1 Å². The number of carboxylic acids is 1. The van der Waals surface area contributed by atoms with Crippen LogP contribution in [0.4, 0.5) is 0 Å². The molecule has 3 N–H and O–H groups in total. The number of aromatic carboxylic acids is 1. The standard InChI is InChI=1S/C17H10N4O2/c18-7-9-3-12(16-14(4-9)19-8-20-16)10-1-2-13-11(5-10)6-15(21-13)17(22)23/h1-6,8,21H,(H,19,20)(H,22,23). The summed E-state index contributed by atoms with van der Waals surface area (Å²) in [5.41, 5.74) is 4.71. The van der Waals surface area contributed by atoms with Gasteiger partial charge in [-0.1, -0.05) is 6.07 Å². The zero-order valence-corrected chi connectivity index (χ0v) is 11.8. The van der Waals surface area contributed by atoms with Crippen molar-refractivity contribution in [3.8, 4) is 17.2 Å². The molecule has 0 fully saturated rings. The highest BCUT2D eigenvalue weighted by molar-refractivity contribution is 5.98. The first-order valence-electron chi connectivity index (χ1n) is 6.89. The largest absolute Gasteiger partial charge is 0.477 e. The summed E-state index contributed by atoms with van der Waals surface area (Å²) in [5, 5.41) is 19.1. The summed E-state index contributed by atoms with van der Waals surface area (Å²) in [7, 11) is 0. The molecule has 0 saturated carbocycles. The van der Waals surface area contributed by atoms with Crippen molar-refractivity contribution in [2.24, 2.45) is 0 Å². The quantitative estimate of drug-likeness (QED) is 0.528. The molecule has 0 radical (unpaired) electrons. The number of carboxylic acid groups (broad SMARTS) is 1. The normalized spacial score (nSPS) is 10.9. The van der Waals surface area contributed by atoms with E-state index in [2.05, 4.69) is 21.0 Å². The number of fused-ring (bicyclic) bond motifs is 2. The molecule has 6 nitrogen and oxygen atoms in total. The monoisotopic (exact) mass is 302 g/mol. The minimum atomic E-state index is -0.996. The van der Waals surface area contributed by atoms with E-state index in [1.54, 1.807) is 24.5 Å². The zero-order chi connectivity index (χ0) is 16.0. The number of hydrogen-bond donors (Lipinski definition) is 3. The van der Waals surface area contributed by atoms with Crippen LogP contribution < -0.4 is 0 Å². The number of imidazole rings is 1. The number of aromatic nitrogens is 3. The lowest BCUT2D eigenvalue weighted by Gasteiger charge is -2.04. The molecule has 2 aromatic heterocycles. The fourth-order valence-corrected chi connectivity index (χ4v) is 2.75. The van der Waals surface area contributed by atoms with Crippen molar-refractivity contribution in [1.82, 2.24) is 15.0 Å². The molecule has 23 heavy (non-hydrogen) atoms. The van der Waals surface area contributed by atoms with Gasteiger partial charge in [-0.3, -0.25) is 0 Å². The fraction of sp³-hybridized carbons (Fsp3) is 0. The Labute approximate surface area is 130 Å². The number of H-pyrrole nitrogens is 2. The summed E-state index contributed by atoms with van der Waals surface area (Å²) in [5.74, 6) is -0.996. The third kappa shape index (κ3) is 2.03. The zero-order valence-electron chi connectivity index (χ0n) is 11.8. The van der Waals surface area contributed by atoms with Gasteiger partial charge in [0, 0.05) is 16.5 Å². The van der Waals surface area contributed by atoms with Crippen LogP contribution in [0, 0.1) is 11.3 Å². The van der Waals surface area contributed by atoms with Crippen molar-refractivity contribution >= 4 is 27.9 Å². The average molecular weight is 302 g/mol. The van der Waals surface area contributed by atoms with E-state index >= 15 is 0 Å². The SMILES string of the molecule is N#Cc1cc(-c2ccc3[nH]c(C(=O)O)cc3c2)c2nc[nH]c2c1. The van der Waals surface area contributed by atoms with E-state index in [4.69, 9.17) is 5.11 Å². The molecule has 0 unspecified atom stereocenters. The van der Waals surface area contributed by atoms with Gasteiger partial charge in [0.15, 0.2) is 0 Å². The predicted octanol–water partition coefficient (Wildman–Crippen LogP) is 3.28. The van der Waals surface area contributed by atoms with Gasteiger partial charge in [-0.25, -0.2) is 9.78 Å². The van der Waals surface area contributed by atoms with Crippen LogP contribution in [0.5, 0.6) is 0 Å². The van der Waals surface area contributed by atoms with Crippen LogP contribution in [0.3, 0.4) is 0 Å². The highest BCUT2D eigenvalue weighted by Crippen LogP contribution is 2.30. The molecule has 4 aromatic rings. The summed E-state index contributed by atoms with van der Waals surface area (Å²) in [6.07, 6.45) is 1.59. The third-order valence-corrected chi connectivity index (χ3v) is 3.81. The van der Waals surface area contributed by atoms with Crippen molar-refractivity contribution in [2.75, 3.05) is 0 Å². The van der Waals surface area contributed by atoms with E-state index < -0.39 is 5.97 Å². The van der Waals surface area contributed by atoms with E-state index in [1.807, 2.05) is 18.2 Å². The minimum Gasteiger partial charge on any atom is -0.477 e. The Balaban J connectivity index is 1.97. The van der Waals surface area contributed by atoms with E-state index in [-0.39, 0.29) is 5.69 Å². The minimum absolute atomic E-state index is 0.146. The summed E-state index contributed by atoms with van der Waals surface area (Å²) in [6.45, 7) is 0. The maximum Gasteiger partial charge on any atom is 0.352 e. The number of rotatable bonds is 2. The number of hydrogen-bond acceptors (Lipinski definition) is 3. The molecule has 2 heterocycles. The number of carbonyl (C=O) groups is 1. The predicted molar refractivity (Wildman–Crippen MR) is 85.1 cm³/mol. The highest BCUT2D eigenvalue weighted by atomic mass is 16.4. The lowest BCUT2D eigenvalue weighted by molar-refractivity contribution is 0.0691. The molecule has 0 amide bonds. The van der Waals surface area contributed by atoms with Crippen molar-refractivity contribution in [1.29, 1.82) is 5.26 Å². The first-order valence-corrected chi connectivity index (χ1v) is 6.89. The summed E-state index contributed by atoms with van der Waals surface area (Å²) in [6, 6.07) is 12.9. The van der Waals surface area contributed by atoms with Gasteiger partial charge in [0.05, 0.1) is 29.0 Å². The maximum absolute atomic E-state index is 11.1. The third-order valence-electron chi connectivity index (χ3n) is 3.81. The lowest BCUT2D eigenvalue weighted by atomic mass is 10.0. The van der Waals surface area contributed by atoms with Gasteiger partial charge in [0.25, 0.3) is 0 Å². The van der Waals surface area contributed by atoms with Crippen molar-refractivity contribution in [3.63, 3.8) is 0 Å². The van der Waals surface area contributed by atoms with Gasteiger partial charge in [0.1, 0.15) is 5.69 Å². The Bertz CT molecular complexity index is 1110. The van der Waals surface area contributed by atoms with Gasteiger partial charge in [0.2, 0.25) is 0 Å². The molecule has 0 aliphatic rings. The Morgan fingerprint density at radius 1 is 1.17 bits per heavy atom. The van der Waals surface area contributed by atoms with Gasteiger partial charge in [-0.05, 0) is 35.9 Å². The first-order chi connectivity index (χ1) is 11.2. The second kappa shape index (κ2) is 4.71. The second-order valence-electron chi connectivity index (χ2n) is 5.22. The van der Waals surface area contributed by atoms with Crippen LogP contribution in [0.1, 0.15) is 16.1 Å². The van der Waals surface area contributed by atoms with Crippen LogP contribution >= 0.6 is 0 Å². The van der Waals surface area contributed by atoms with Crippen LogP contribution in [0.15, 0.2) is 42.7 Å². The molecule has 0 spiro atoms. The van der Waals surface area contributed by atoms with Crippen molar-refractivity contribution in [3.05, 3.63) is 54.0 Å². The highest BCUT2D eigenvalue weighted by Gasteiger charge is 2.12. The van der Waals surface area contributed by atoms with E-state index in [9.17, 15) is 10.1 Å². The smallest absolute Gasteiger partial charge is 0.352 e. The Morgan fingerprint density at radius 2 is 2.04 bits per heavy atom. The van der Waals surface area contributed by atoms with E-state index in [0.29, 0.717) is 5.56 Å². The number of nitrogens with one attached hydrogen (secondary N) is 2. The van der Waals surface area contributed by atoms with E-state index in [1.165, 1.54) is 0 Å². The second-order valence-corrected chi connectivity index (χ2v) is 5.22. The van der Waals surface area contributed by atoms with Crippen LogP contribution in [-0.2, 0) is 0 Å². The van der Waals surface area contributed by atoms with Gasteiger partial charge in [-0.15, -0.1) is 0 Å². The number of nitriles is 1. The molecule has 4 rings (SSSR count). The van der Waals surface area contributed by atoms with Gasteiger partial charge in [-0.2, -0.15) is 5.26 Å². The average Bonchev–Trinajstić information content (AvgIpc) is 3.19. The number of nitrogens with zero attached hydrogens (tertiary/aromatic N) is 2. The first kappa shape index (κ1) is 13.1. The molecule has 0 aliphatic heterocycles. The Hall–Kier alpha value is -3.59. The Morgan fingerprint density at radius 3 is 2.83 bits per heavy atom.